The molecule has 0 aliphatic carbocycles. The molecule has 3 nitrogen and oxygen atoms in total. The smallest absolute Gasteiger partial charge is 0.215 e. The molecule has 1 heterocycles. The maximum absolute atomic E-state index is 2.49. The van der Waals surface area contributed by atoms with Crippen LogP contribution in [0.1, 0.15) is 19.8 Å². The zero-order valence-electron chi connectivity index (χ0n) is 15.9. The molecule has 0 bridgehead atoms. The highest BCUT2D eigenvalue weighted by molar-refractivity contribution is 5.91. The van der Waals surface area contributed by atoms with Gasteiger partial charge in [0.15, 0.2) is 0 Å². The summed E-state index contributed by atoms with van der Waals surface area (Å²) in [5, 5.41) is 2.61. The number of aryl methyl sites for hydroxylation is 1. The van der Waals surface area contributed by atoms with E-state index in [-0.39, 0.29) is 12.4 Å². The summed E-state index contributed by atoms with van der Waals surface area (Å²) < 4.78 is 2.49. The maximum Gasteiger partial charge on any atom is 0.215 e. The Morgan fingerprint density at radius 1 is 0.760 bits per heavy atom. The summed E-state index contributed by atoms with van der Waals surface area (Å²) in [4.78, 5) is 4.34. The molecule has 0 aliphatic rings. The van der Waals surface area contributed by atoms with Crippen molar-refractivity contribution in [3.05, 3.63) is 42.5 Å². The van der Waals surface area contributed by atoms with Crippen LogP contribution in [-0.2, 0) is 6.54 Å². The fourth-order valence-electron chi connectivity index (χ4n) is 3.19. The van der Waals surface area contributed by atoms with E-state index in [1.807, 2.05) is 0 Å². The molecular weight excluding hydrogens is 330 g/mol. The van der Waals surface area contributed by atoms with Crippen LogP contribution < -0.4 is 26.8 Å². The molecule has 2 aromatic carbocycles. The Morgan fingerprint density at radius 3 is 1.64 bits per heavy atom. The van der Waals surface area contributed by atoms with Crippen molar-refractivity contribution in [3.8, 4) is 0 Å². The van der Waals surface area contributed by atoms with Crippen molar-refractivity contribution in [2.24, 2.45) is 0 Å². The van der Waals surface area contributed by atoms with E-state index in [0.29, 0.717) is 0 Å². The molecule has 134 valence electrons. The highest BCUT2D eigenvalue weighted by Gasteiger charge is 2.17. The topological polar surface area (TPSA) is 10.4 Å². The molecule has 3 aromatic rings. The van der Waals surface area contributed by atoms with E-state index >= 15 is 0 Å². The van der Waals surface area contributed by atoms with E-state index in [4.69, 9.17) is 0 Å². The number of fused-ring (bicyclic) bond motifs is 2. The zero-order chi connectivity index (χ0) is 17.3. The van der Waals surface area contributed by atoms with Crippen molar-refractivity contribution in [1.82, 2.24) is 0 Å². The van der Waals surface area contributed by atoms with Crippen molar-refractivity contribution < 1.29 is 17.0 Å². The fraction of sp³-hybridized carbons (Fsp3) is 0.381. The van der Waals surface area contributed by atoms with Gasteiger partial charge in [0.2, 0.25) is 11.0 Å². The predicted molar refractivity (Wildman–Crippen MR) is 105 cm³/mol. The van der Waals surface area contributed by atoms with E-state index in [2.05, 4.69) is 91.9 Å². The summed E-state index contributed by atoms with van der Waals surface area (Å²) in [6.07, 6.45) is 2.39. The second kappa shape index (κ2) is 7.92. The van der Waals surface area contributed by atoms with E-state index in [1.165, 1.54) is 46.0 Å². The molecule has 25 heavy (non-hydrogen) atoms. The Hall–Kier alpha value is -2.00. The van der Waals surface area contributed by atoms with E-state index < -0.39 is 0 Å². The third-order valence-electron chi connectivity index (χ3n) is 4.69. The van der Waals surface area contributed by atoms with Gasteiger partial charge in [-0.05, 0) is 30.3 Å². The number of benzene rings is 2. The lowest BCUT2D eigenvalue weighted by Crippen LogP contribution is -3.00. The monoisotopic (exact) mass is 357 g/mol. The highest BCUT2D eigenvalue weighted by atomic mass is 35.5. The van der Waals surface area contributed by atoms with E-state index in [0.717, 1.165) is 6.54 Å². The van der Waals surface area contributed by atoms with Crippen LogP contribution in [0.2, 0.25) is 0 Å². The molecule has 0 atom stereocenters. The van der Waals surface area contributed by atoms with Crippen molar-refractivity contribution in [2.75, 3.05) is 38.0 Å². The van der Waals surface area contributed by atoms with Gasteiger partial charge < -0.3 is 22.2 Å². The van der Waals surface area contributed by atoms with Crippen LogP contribution in [0.5, 0.6) is 0 Å². The van der Waals surface area contributed by atoms with Gasteiger partial charge in [-0.3, -0.25) is 0 Å². The molecule has 0 radical (unpaired) electrons. The molecule has 0 saturated carbocycles. The summed E-state index contributed by atoms with van der Waals surface area (Å²) in [7, 11) is 8.40. The van der Waals surface area contributed by atoms with Gasteiger partial charge in [-0.2, -0.15) is 4.57 Å². The van der Waals surface area contributed by atoms with Crippen molar-refractivity contribution in [3.63, 3.8) is 0 Å². The Kier molecular flexibility index (Phi) is 6.12. The number of halogens is 1. The lowest BCUT2D eigenvalue weighted by Gasteiger charge is -2.15. The van der Waals surface area contributed by atoms with Gasteiger partial charge in [0.25, 0.3) is 0 Å². The van der Waals surface area contributed by atoms with Crippen molar-refractivity contribution >= 4 is 33.2 Å². The first kappa shape index (κ1) is 19.3. The van der Waals surface area contributed by atoms with Crippen LogP contribution >= 0.6 is 0 Å². The number of nitrogens with zero attached hydrogens (tertiary/aromatic N) is 3. The van der Waals surface area contributed by atoms with Crippen LogP contribution in [0, 0.1) is 0 Å². The summed E-state index contributed by atoms with van der Waals surface area (Å²) >= 11 is 0. The van der Waals surface area contributed by atoms with Crippen LogP contribution in [0.4, 0.5) is 11.4 Å². The first-order chi connectivity index (χ1) is 11.5. The average Bonchev–Trinajstić information content (AvgIpc) is 2.57. The third kappa shape index (κ3) is 3.82. The van der Waals surface area contributed by atoms with Gasteiger partial charge in [-0.15, -0.1) is 0 Å². The lowest BCUT2D eigenvalue weighted by atomic mass is 10.1. The summed E-state index contributed by atoms with van der Waals surface area (Å²) in [5.41, 5.74) is 5.13. The van der Waals surface area contributed by atoms with Gasteiger partial charge in [-0.1, -0.05) is 13.3 Å². The van der Waals surface area contributed by atoms with Gasteiger partial charge in [0.1, 0.15) is 6.54 Å². The SMILES string of the molecule is CCCC[n+]1c2cc(N(C)C)ccc2cc2ccc(N(C)C)cc21.[Cl-]. The van der Waals surface area contributed by atoms with Crippen molar-refractivity contribution in [2.45, 2.75) is 26.3 Å². The molecule has 4 heteroatoms. The number of hydrogen-bond acceptors (Lipinski definition) is 2. The standard InChI is InChI=1S/C21H28N3.ClH/c1-6-7-12-24-20-14-18(22(2)3)10-8-16(20)13-17-9-11-19(23(4)5)15-21(17)24;/h8-11,13-15H,6-7,12H2,1-5H3;1H/q+1;/p-1. The van der Waals surface area contributed by atoms with Gasteiger partial charge in [0.05, 0.1) is 0 Å². The first-order valence-electron chi connectivity index (χ1n) is 8.76. The van der Waals surface area contributed by atoms with Crippen LogP contribution in [0.15, 0.2) is 42.5 Å². The maximum atomic E-state index is 2.49. The fourth-order valence-corrected chi connectivity index (χ4v) is 3.19. The normalized spacial score (nSPS) is 10.8. The number of hydrogen-bond donors (Lipinski definition) is 0. The molecule has 0 N–H and O–H groups in total. The Bertz CT molecular complexity index is 806. The molecule has 3 rings (SSSR count). The van der Waals surface area contributed by atoms with Crippen LogP contribution in [-0.4, -0.2) is 28.2 Å². The van der Waals surface area contributed by atoms with Gasteiger partial charge >= 0.3 is 0 Å². The minimum atomic E-state index is 0. The number of anilines is 2. The second-order valence-corrected chi connectivity index (χ2v) is 6.92. The minimum Gasteiger partial charge on any atom is -1.00 e. The van der Waals surface area contributed by atoms with Gasteiger partial charge in [-0.25, -0.2) is 0 Å². The summed E-state index contributed by atoms with van der Waals surface area (Å²) in [6.45, 7) is 3.31. The minimum absolute atomic E-state index is 0. The molecule has 0 aliphatic heterocycles. The second-order valence-electron chi connectivity index (χ2n) is 6.92. The number of aromatic nitrogens is 1. The Balaban J connectivity index is 0.00000225. The molecule has 0 spiro atoms. The Labute approximate surface area is 157 Å². The molecule has 0 unspecified atom stereocenters. The molecule has 0 fully saturated rings. The van der Waals surface area contributed by atoms with E-state index in [1.54, 1.807) is 0 Å². The largest absolute Gasteiger partial charge is 1.00 e. The Morgan fingerprint density at radius 2 is 1.24 bits per heavy atom. The van der Waals surface area contributed by atoms with Crippen molar-refractivity contribution in [1.29, 1.82) is 0 Å². The molecule has 0 amide bonds. The van der Waals surface area contributed by atoms with Gasteiger partial charge in [0, 0.05) is 68.9 Å². The quantitative estimate of drug-likeness (QED) is 0.502. The molecule has 1 aromatic heterocycles. The summed E-state index contributed by atoms with van der Waals surface area (Å²) in [5.74, 6) is 0. The predicted octanol–water partition coefficient (Wildman–Crippen LogP) is 1.22. The number of unbranched alkanes of at least 4 members (excludes halogenated alkanes) is 1. The number of pyridine rings is 1. The highest BCUT2D eigenvalue weighted by Crippen LogP contribution is 2.25. The third-order valence-corrected chi connectivity index (χ3v) is 4.69. The lowest BCUT2D eigenvalue weighted by molar-refractivity contribution is -0.645. The average molecular weight is 358 g/mol. The first-order valence-corrected chi connectivity index (χ1v) is 8.76. The van der Waals surface area contributed by atoms with E-state index in [9.17, 15) is 0 Å². The zero-order valence-corrected chi connectivity index (χ0v) is 16.6. The number of rotatable bonds is 5. The molecular formula is C21H28ClN3. The molecule has 0 saturated heterocycles. The summed E-state index contributed by atoms with van der Waals surface area (Å²) in [6, 6.07) is 15.8. The van der Waals surface area contributed by atoms with Crippen LogP contribution in [0.25, 0.3) is 21.8 Å². The van der Waals surface area contributed by atoms with Crippen LogP contribution in [0.3, 0.4) is 0 Å².